The van der Waals surface area contributed by atoms with E-state index < -0.39 is 43.4 Å². The zero-order valence-corrected chi connectivity index (χ0v) is 34.1. The van der Waals surface area contributed by atoms with Crippen LogP contribution in [0.1, 0.15) is 76.4 Å². The number of ketones is 2. The summed E-state index contributed by atoms with van der Waals surface area (Å²) >= 11 is 0. The zero-order chi connectivity index (χ0) is 39.6. The molecule has 3 aliphatic carbocycles. The van der Waals surface area contributed by atoms with Crippen LogP contribution in [-0.4, -0.2) is 73.8 Å². The molecule has 2 aromatic carbocycles. The Morgan fingerprint density at radius 3 is 2.11 bits per heavy atom. The Bertz CT molecular complexity index is 2160. The van der Waals surface area contributed by atoms with E-state index in [0.717, 1.165) is 11.1 Å². The average molecular weight is 766 g/mol. The Kier molecular flexibility index (Phi) is 9.71. The molecule has 3 N–H and O–H groups in total. The zero-order valence-electron chi connectivity index (χ0n) is 33.1. The Hall–Kier alpha value is -4.98. The van der Waals surface area contributed by atoms with Crippen LogP contribution < -0.4 is 20.1 Å². The lowest BCUT2D eigenvalue weighted by Gasteiger charge is -2.55. The van der Waals surface area contributed by atoms with Crippen LogP contribution in [0.2, 0.25) is 18.1 Å². The van der Waals surface area contributed by atoms with Crippen LogP contribution in [0.3, 0.4) is 0 Å². The Labute approximate surface area is 323 Å². The van der Waals surface area contributed by atoms with Gasteiger partial charge in [-0.25, -0.2) is 4.98 Å². The van der Waals surface area contributed by atoms with Gasteiger partial charge in [-0.2, -0.15) is 0 Å². The van der Waals surface area contributed by atoms with Crippen molar-refractivity contribution in [2.45, 2.75) is 76.6 Å². The molecule has 13 heteroatoms. The summed E-state index contributed by atoms with van der Waals surface area (Å²) in [7, 11) is 4.62. The molecule has 12 nitrogen and oxygen atoms in total. The molecule has 7 rings (SSSR count). The molecule has 0 saturated heterocycles. The third kappa shape index (κ3) is 6.31. The number of nitrogens with zero attached hydrogens (tertiary/aromatic N) is 4. The standard InChI is InChI=1S/C42H51N5O7Si/c1-41(2,3)55(8,9)54-42-28(32(46(4)5)34-31(37(42)50)40(45-53-34)52-23-25-18-14-11-15-19-25)21-26-20-27-30(33(48)29(26)36(42)49)35(38(43)44-39(27)47(6)7)51-22-24-16-12-10-13-17-24/h10-19,26,28,32,49H,20-23H2,1-9H3,(H2,43,44)/t26-,28-,32-,42-/m0/s1. The highest BCUT2D eigenvalue weighted by atomic mass is 28.4. The molecule has 55 heavy (non-hydrogen) atoms. The normalized spacial score (nSPS) is 22.2. The van der Waals surface area contributed by atoms with E-state index in [-0.39, 0.29) is 58.2 Å². The topological polar surface area (TPSA) is 153 Å². The summed E-state index contributed by atoms with van der Waals surface area (Å²) in [4.78, 5) is 39.3. The maximum Gasteiger partial charge on any atom is 0.265 e. The maximum absolute atomic E-state index is 15.5. The highest BCUT2D eigenvalue weighted by molar-refractivity contribution is 6.74. The fourth-order valence-corrected chi connectivity index (χ4v) is 9.60. The Morgan fingerprint density at radius 2 is 1.55 bits per heavy atom. The van der Waals surface area contributed by atoms with Gasteiger partial charge in [0, 0.05) is 31.1 Å². The molecule has 0 spiro atoms. The number of aromatic nitrogens is 2. The minimum atomic E-state index is -2.89. The van der Waals surface area contributed by atoms with Crippen LogP contribution in [0.5, 0.6) is 11.6 Å². The van der Waals surface area contributed by atoms with Gasteiger partial charge >= 0.3 is 0 Å². The highest BCUT2D eigenvalue weighted by Crippen LogP contribution is 2.60. The SMILES string of the molecule is CN(C)c1nc(N)c(OCc2ccccc2)c2c1C[C@H]1C[C@H]3[C@H](N(C)C)c4onc(OCc5ccccc5)c4C(=O)[C@@]3(O[Si](C)(C)C(C)(C)C)C(O)=C1C2=O. The van der Waals surface area contributed by atoms with E-state index in [9.17, 15) is 5.11 Å². The number of fused-ring (bicyclic) bond motifs is 4. The van der Waals surface area contributed by atoms with Gasteiger partial charge in [0.1, 0.15) is 30.4 Å². The van der Waals surface area contributed by atoms with Crippen molar-refractivity contribution in [2.24, 2.45) is 11.8 Å². The second-order valence-corrected chi connectivity index (χ2v) is 21.6. The van der Waals surface area contributed by atoms with Gasteiger partial charge in [0.2, 0.25) is 5.78 Å². The first-order valence-electron chi connectivity index (χ1n) is 18.7. The molecule has 3 aliphatic rings. The number of hydrogen-bond donors (Lipinski definition) is 2. The second kappa shape index (κ2) is 13.9. The first kappa shape index (κ1) is 38.3. The number of Topliss-reactive ketones (excluding diaryl/α,β-unsaturated/α-hetero) is 2. The molecular weight excluding hydrogens is 715 g/mol. The van der Waals surface area contributed by atoms with Gasteiger partial charge in [-0.1, -0.05) is 81.4 Å². The van der Waals surface area contributed by atoms with Crippen molar-refractivity contribution < 1.29 is 33.1 Å². The summed E-state index contributed by atoms with van der Waals surface area (Å²) in [6, 6.07) is 18.6. The smallest absolute Gasteiger partial charge is 0.265 e. The summed E-state index contributed by atoms with van der Waals surface area (Å²) in [6.45, 7) is 10.6. The van der Waals surface area contributed by atoms with Gasteiger partial charge in [0.25, 0.3) is 5.88 Å². The summed E-state index contributed by atoms with van der Waals surface area (Å²) in [6.07, 6.45) is 0.671. The number of carbonyl (C=O) groups is 2. The van der Waals surface area contributed by atoms with Gasteiger partial charge in [-0.05, 0) is 67.3 Å². The predicted molar refractivity (Wildman–Crippen MR) is 212 cm³/mol. The Balaban J connectivity index is 1.43. The minimum Gasteiger partial charge on any atom is -0.508 e. The molecule has 4 aromatic rings. The molecule has 0 radical (unpaired) electrons. The van der Waals surface area contributed by atoms with Gasteiger partial charge in [-0.15, -0.1) is 0 Å². The molecule has 0 unspecified atom stereocenters. The van der Waals surface area contributed by atoms with E-state index in [1.807, 2.05) is 112 Å². The van der Waals surface area contributed by atoms with Gasteiger partial charge in [0.05, 0.1) is 11.6 Å². The van der Waals surface area contributed by atoms with Crippen LogP contribution in [0.15, 0.2) is 76.5 Å². The molecule has 2 heterocycles. The number of rotatable bonds is 10. The van der Waals surface area contributed by atoms with Crippen LogP contribution in [0.4, 0.5) is 11.6 Å². The van der Waals surface area contributed by atoms with E-state index in [2.05, 4.69) is 25.9 Å². The van der Waals surface area contributed by atoms with Crippen LogP contribution in [0.25, 0.3) is 0 Å². The predicted octanol–water partition coefficient (Wildman–Crippen LogP) is 7.32. The van der Waals surface area contributed by atoms with Gasteiger partial charge in [0.15, 0.2) is 37.0 Å². The number of pyridine rings is 1. The quantitative estimate of drug-likeness (QED) is 0.156. The minimum absolute atomic E-state index is 0.0127. The van der Waals surface area contributed by atoms with E-state index in [0.29, 0.717) is 30.0 Å². The lowest BCUT2D eigenvalue weighted by Crippen LogP contribution is -2.65. The summed E-state index contributed by atoms with van der Waals surface area (Å²) < 4.78 is 25.8. The number of aliphatic hydroxyl groups is 1. The number of anilines is 2. The van der Waals surface area contributed by atoms with Crippen LogP contribution in [0, 0.1) is 11.8 Å². The Morgan fingerprint density at radius 1 is 0.945 bits per heavy atom. The van der Waals surface area contributed by atoms with Crippen molar-refractivity contribution in [3.05, 3.63) is 106 Å². The fourth-order valence-electron chi connectivity index (χ4n) is 8.15. The van der Waals surface area contributed by atoms with Crippen molar-refractivity contribution >= 4 is 31.5 Å². The molecule has 0 aliphatic heterocycles. The number of nitrogens with two attached hydrogens (primary N) is 1. The summed E-state index contributed by atoms with van der Waals surface area (Å²) in [5, 5.41) is 16.9. The van der Waals surface area contributed by atoms with Crippen LogP contribution in [-0.2, 0) is 24.1 Å². The number of ether oxygens (including phenoxy) is 2. The first-order chi connectivity index (χ1) is 26.0. The number of nitrogen functional groups attached to an aromatic ring is 1. The van der Waals surface area contributed by atoms with Gasteiger partial charge in [-0.3, -0.25) is 14.5 Å². The van der Waals surface area contributed by atoms with E-state index in [4.69, 9.17) is 29.1 Å². The third-order valence-corrected chi connectivity index (χ3v) is 16.2. The average Bonchev–Trinajstić information content (AvgIpc) is 3.55. The van der Waals surface area contributed by atoms with Crippen molar-refractivity contribution in [1.82, 2.24) is 15.0 Å². The lowest BCUT2D eigenvalue weighted by atomic mass is 9.58. The van der Waals surface area contributed by atoms with E-state index in [1.165, 1.54) is 0 Å². The summed E-state index contributed by atoms with van der Waals surface area (Å²) in [5.74, 6) is -1.43. The summed E-state index contributed by atoms with van der Waals surface area (Å²) in [5.41, 5.74) is 7.52. The number of aliphatic hydroxyl groups excluding tert-OH is 1. The number of hydrogen-bond acceptors (Lipinski definition) is 12. The molecular formula is C42H51N5O7Si. The van der Waals surface area contributed by atoms with Crippen molar-refractivity contribution in [2.75, 3.05) is 38.8 Å². The fraction of sp³-hybridized carbons (Fsp3) is 0.429. The van der Waals surface area contributed by atoms with Crippen LogP contribution >= 0.6 is 0 Å². The second-order valence-electron chi connectivity index (χ2n) is 16.8. The maximum atomic E-state index is 15.5. The largest absolute Gasteiger partial charge is 0.508 e. The molecule has 0 amide bonds. The number of carbonyl (C=O) groups excluding carboxylic acids is 2. The van der Waals surface area contributed by atoms with Crippen molar-refractivity contribution in [3.63, 3.8) is 0 Å². The molecule has 2 aromatic heterocycles. The molecule has 4 atom stereocenters. The third-order valence-electron chi connectivity index (χ3n) is 11.8. The van der Waals surface area contributed by atoms with E-state index >= 15 is 9.59 Å². The molecule has 0 bridgehead atoms. The van der Waals surface area contributed by atoms with E-state index in [1.54, 1.807) is 0 Å². The molecule has 290 valence electrons. The number of allylic oxidation sites excluding steroid dienone is 1. The van der Waals surface area contributed by atoms with Crippen molar-refractivity contribution in [3.8, 4) is 11.6 Å². The van der Waals surface area contributed by atoms with Crippen molar-refractivity contribution in [1.29, 1.82) is 0 Å². The monoisotopic (exact) mass is 765 g/mol. The first-order valence-corrected chi connectivity index (χ1v) is 21.6. The number of benzene rings is 2. The molecule has 0 fully saturated rings. The molecule has 0 saturated carbocycles. The lowest BCUT2D eigenvalue weighted by molar-refractivity contribution is -0.0480. The van der Waals surface area contributed by atoms with Gasteiger partial charge < -0.3 is 34.2 Å². The highest BCUT2D eigenvalue weighted by Gasteiger charge is 2.67.